The molecule has 100 valence electrons. The van der Waals surface area contributed by atoms with Gasteiger partial charge in [0.1, 0.15) is 6.04 Å². The zero-order valence-electron chi connectivity index (χ0n) is 11.4. The minimum Gasteiger partial charge on any atom is -0.377 e. The van der Waals surface area contributed by atoms with E-state index in [1.807, 2.05) is 4.90 Å². The highest BCUT2D eigenvalue weighted by Crippen LogP contribution is 2.33. The van der Waals surface area contributed by atoms with E-state index in [-0.39, 0.29) is 17.4 Å². The summed E-state index contributed by atoms with van der Waals surface area (Å²) < 4.78 is 5.46. The number of ether oxygens (including phenoxy) is 1. The Balaban J connectivity index is 2.06. The number of amides is 1. The van der Waals surface area contributed by atoms with Crippen LogP contribution in [-0.4, -0.2) is 50.2 Å². The third-order valence-electron chi connectivity index (χ3n) is 3.75. The van der Waals surface area contributed by atoms with Crippen LogP contribution in [0.1, 0.15) is 13.8 Å². The maximum atomic E-state index is 12.3. The summed E-state index contributed by atoms with van der Waals surface area (Å²) in [6.45, 7) is 6.80. The molecular weight excluding hydrogens is 228 g/mol. The Morgan fingerprint density at radius 3 is 2.94 bits per heavy atom. The molecule has 1 atom stereocenters. The van der Waals surface area contributed by atoms with Gasteiger partial charge in [-0.25, -0.2) is 0 Å². The normalized spacial score (nSPS) is 27.3. The number of likely N-dealkylation sites (N-methyl/N-ethyl adjacent to an activating group) is 1. The molecule has 1 heterocycles. The summed E-state index contributed by atoms with van der Waals surface area (Å²) in [5.41, 5.74) is 1.34. The third-order valence-corrected chi connectivity index (χ3v) is 3.75. The molecule has 1 N–H and O–H groups in total. The monoisotopic (exact) mass is 250 g/mol. The molecule has 4 nitrogen and oxygen atoms in total. The average Bonchev–Trinajstić information content (AvgIpc) is 2.55. The quantitative estimate of drug-likeness (QED) is 0.811. The molecular formula is C14H22N2O2. The number of carbonyl (C=O) groups excluding carboxylic acids is 1. The van der Waals surface area contributed by atoms with E-state index in [1.165, 1.54) is 5.57 Å². The van der Waals surface area contributed by atoms with Crippen LogP contribution in [0.5, 0.6) is 0 Å². The number of hydrogen-bond acceptors (Lipinski definition) is 3. The predicted molar refractivity (Wildman–Crippen MR) is 71.3 cm³/mol. The van der Waals surface area contributed by atoms with Crippen molar-refractivity contribution in [3.8, 4) is 0 Å². The van der Waals surface area contributed by atoms with E-state index in [9.17, 15) is 4.79 Å². The molecule has 0 aromatic rings. The Hall–Kier alpha value is -1.13. The molecule has 1 aliphatic heterocycles. The van der Waals surface area contributed by atoms with E-state index in [4.69, 9.17) is 4.74 Å². The smallest absolute Gasteiger partial charge is 0.242 e. The van der Waals surface area contributed by atoms with Crippen molar-refractivity contribution in [1.82, 2.24) is 10.2 Å². The van der Waals surface area contributed by atoms with Crippen molar-refractivity contribution in [3.63, 3.8) is 0 Å². The van der Waals surface area contributed by atoms with Crippen LogP contribution >= 0.6 is 0 Å². The van der Waals surface area contributed by atoms with Gasteiger partial charge < -0.3 is 15.0 Å². The van der Waals surface area contributed by atoms with E-state index in [0.29, 0.717) is 26.3 Å². The Bertz CT molecular complexity index is 385. The summed E-state index contributed by atoms with van der Waals surface area (Å²) in [6.07, 6.45) is 6.37. The van der Waals surface area contributed by atoms with Gasteiger partial charge in [0.2, 0.25) is 5.91 Å². The largest absolute Gasteiger partial charge is 0.377 e. The predicted octanol–water partition coefficient (Wildman–Crippen LogP) is 0.956. The Morgan fingerprint density at radius 2 is 2.33 bits per heavy atom. The van der Waals surface area contributed by atoms with Crippen LogP contribution in [0.4, 0.5) is 0 Å². The summed E-state index contributed by atoms with van der Waals surface area (Å²) in [6, 6.07) is -0.217. The summed E-state index contributed by atoms with van der Waals surface area (Å²) >= 11 is 0. The highest BCUT2D eigenvalue weighted by Gasteiger charge is 2.30. The highest BCUT2D eigenvalue weighted by atomic mass is 16.5. The van der Waals surface area contributed by atoms with Gasteiger partial charge in [-0.1, -0.05) is 32.1 Å². The first kappa shape index (κ1) is 13.3. The van der Waals surface area contributed by atoms with Crippen LogP contribution < -0.4 is 5.32 Å². The van der Waals surface area contributed by atoms with E-state index in [2.05, 4.69) is 37.4 Å². The molecule has 0 aromatic heterocycles. The van der Waals surface area contributed by atoms with Crippen molar-refractivity contribution in [2.75, 3.05) is 33.4 Å². The molecule has 1 amide bonds. The topological polar surface area (TPSA) is 41.6 Å². The molecule has 0 radical (unpaired) electrons. The van der Waals surface area contributed by atoms with Gasteiger partial charge in [0, 0.05) is 18.5 Å². The Morgan fingerprint density at radius 1 is 1.56 bits per heavy atom. The molecule has 1 aliphatic carbocycles. The van der Waals surface area contributed by atoms with E-state index < -0.39 is 0 Å². The first-order valence-electron chi connectivity index (χ1n) is 6.47. The lowest BCUT2D eigenvalue weighted by Gasteiger charge is -2.29. The maximum Gasteiger partial charge on any atom is 0.242 e. The minimum absolute atomic E-state index is 0.0581. The van der Waals surface area contributed by atoms with Crippen LogP contribution in [0.15, 0.2) is 23.8 Å². The molecule has 0 spiro atoms. The lowest BCUT2D eigenvalue weighted by atomic mass is 9.87. The number of nitrogens with zero attached hydrogens (tertiary/aromatic N) is 1. The van der Waals surface area contributed by atoms with Gasteiger partial charge >= 0.3 is 0 Å². The fraction of sp³-hybridized carbons (Fsp3) is 0.643. The van der Waals surface area contributed by atoms with Gasteiger partial charge in [-0.15, -0.1) is 0 Å². The standard InChI is InChI=1S/C14H22N2O2/c1-14(2)6-4-5-11(14)9-16-7-8-18-10-12(15-3)13(16)17/h4-6,12,15H,7-10H2,1-3H3. The second kappa shape index (κ2) is 5.24. The van der Waals surface area contributed by atoms with Crippen molar-refractivity contribution in [1.29, 1.82) is 0 Å². The van der Waals surface area contributed by atoms with Gasteiger partial charge in [-0.2, -0.15) is 0 Å². The molecule has 4 heteroatoms. The zero-order valence-corrected chi connectivity index (χ0v) is 11.4. The Kier molecular flexibility index (Phi) is 3.88. The summed E-state index contributed by atoms with van der Waals surface area (Å²) in [5, 5.41) is 3.02. The van der Waals surface area contributed by atoms with E-state index in [0.717, 1.165) is 0 Å². The lowest BCUT2D eigenvalue weighted by Crippen LogP contribution is -2.47. The van der Waals surface area contributed by atoms with E-state index in [1.54, 1.807) is 7.05 Å². The second-order valence-corrected chi connectivity index (χ2v) is 5.45. The zero-order chi connectivity index (χ0) is 13.2. The van der Waals surface area contributed by atoms with Gasteiger partial charge in [-0.05, 0) is 12.6 Å². The molecule has 0 saturated carbocycles. The van der Waals surface area contributed by atoms with Crippen molar-refractivity contribution in [2.24, 2.45) is 5.41 Å². The summed E-state index contributed by atoms with van der Waals surface area (Å²) in [5.74, 6) is 0.138. The second-order valence-electron chi connectivity index (χ2n) is 5.45. The van der Waals surface area contributed by atoms with Crippen molar-refractivity contribution in [2.45, 2.75) is 19.9 Å². The number of rotatable bonds is 3. The van der Waals surface area contributed by atoms with Crippen LogP contribution in [0.3, 0.4) is 0 Å². The SMILES string of the molecule is CNC1COCCN(CC2=CC=CC2(C)C)C1=O. The minimum atomic E-state index is -0.217. The number of allylic oxidation sites excluding steroid dienone is 3. The molecule has 1 saturated heterocycles. The molecule has 2 aliphatic rings. The maximum absolute atomic E-state index is 12.3. The number of hydrogen-bond donors (Lipinski definition) is 1. The van der Waals surface area contributed by atoms with Crippen LogP contribution in [0, 0.1) is 5.41 Å². The number of nitrogens with one attached hydrogen (secondary N) is 1. The highest BCUT2D eigenvalue weighted by molar-refractivity contribution is 5.82. The summed E-state index contributed by atoms with van der Waals surface area (Å²) in [4.78, 5) is 14.2. The fourth-order valence-corrected chi connectivity index (χ4v) is 2.33. The first-order chi connectivity index (χ1) is 8.54. The first-order valence-corrected chi connectivity index (χ1v) is 6.47. The van der Waals surface area contributed by atoms with Crippen LogP contribution in [0.25, 0.3) is 0 Å². The van der Waals surface area contributed by atoms with Crippen molar-refractivity contribution in [3.05, 3.63) is 23.8 Å². The van der Waals surface area contributed by atoms with Crippen LogP contribution in [0.2, 0.25) is 0 Å². The van der Waals surface area contributed by atoms with Gasteiger partial charge in [0.25, 0.3) is 0 Å². The molecule has 1 unspecified atom stereocenters. The lowest BCUT2D eigenvalue weighted by molar-refractivity contribution is -0.132. The van der Waals surface area contributed by atoms with Crippen LogP contribution in [-0.2, 0) is 9.53 Å². The van der Waals surface area contributed by atoms with Gasteiger partial charge in [0.15, 0.2) is 0 Å². The van der Waals surface area contributed by atoms with Gasteiger partial charge in [0.05, 0.1) is 13.2 Å². The molecule has 0 aromatic carbocycles. The van der Waals surface area contributed by atoms with Crippen molar-refractivity contribution < 1.29 is 9.53 Å². The molecule has 1 fully saturated rings. The Labute approximate surface area is 109 Å². The molecule has 18 heavy (non-hydrogen) atoms. The van der Waals surface area contributed by atoms with Crippen molar-refractivity contribution >= 4 is 5.91 Å². The fourth-order valence-electron chi connectivity index (χ4n) is 2.33. The van der Waals surface area contributed by atoms with Gasteiger partial charge in [-0.3, -0.25) is 4.79 Å². The summed E-state index contributed by atoms with van der Waals surface area (Å²) in [7, 11) is 1.80. The third kappa shape index (κ3) is 2.65. The average molecular weight is 250 g/mol. The molecule has 0 bridgehead atoms. The molecule has 2 rings (SSSR count). The number of carbonyl (C=O) groups is 1. The van der Waals surface area contributed by atoms with E-state index >= 15 is 0 Å².